The molecule has 1 amide bonds. The van der Waals surface area contributed by atoms with Gasteiger partial charge in [-0.2, -0.15) is 0 Å². The molecular weight excluding hydrogens is 392 g/mol. The molecule has 0 aliphatic carbocycles. The van der Waals surface area contributed by atoms with Crippen LogP contribution in [0.3, 0.4) is 0 Å². The molecule has 0 fully saturated rings. The van der Waals surface area contributed by atoms with Crippen molar-refractivity contribution in [1.82, 2.24) is 0 Å². The maximum Gasteiger partial charge on any atom is 0.262 e. The van der Waals surface area contributed by atoms with Gasteiger partial charge in [-0.15, -0.1) is 0 Å². The lowest BCUT2D eigenvalue weighted by Gasteiger charge is -2.12. The average Bonchev–Trinajstić information content (AvgIpc) is 3.24. The summed E-state index contributed by atoms with van der Waals surface area (Å²) in [6.45, 7) is 0. The van der Waals surface area contributed by atoms with Crippen molar-refractivity contribution in [2.24, 2.45) is 0 Å². The van der Waals surface area contributed by atoms with Gasteiger partial charge in [0.2, 0.25) is 5.91 Å². The van der Waals surface area contributed by atoms with Crippen LogP contribution in [0.25, 0.3) is 21.9 Å². The number of hydrogen-bond donors (Lipinski definition) is 2. The highest BCUT2D eigenvalue weighted by Crippen LogP contribution is 2.37. The van der Waals surface area contributed by atoms with Gasteiger partial charge < -0.3 is 14.5 Å². The molecule has 5 rings (SSSR count). The summed E-state index contributed by atoms with van der Waals surface area (Å²) >= 11 is 0. The molecule has 2 N–H and O–H groups in total. The van der Waals surface area contributed by atoms with Gasteiger partial charge in [-0.1, -0.05) is 18.2 Å². The van der Waals surface area contributed by atoms with E-state index in [-0.39, 0.29) is 22.9 Å². The van der Waals surface area contributed by atoms with Gasteiger partial charge in [0.1, 0.15) is 16.9 Å². The molecule has 29 heavy (non-hydrogen) atoms. The Morgan fingerprint density at radius 1 is 1.03 bits per heavy atom. The third-order valence-electron chi connectivity index (χ3n) is 4.96. The third-order valence-corrected chi connectivity index (χ3v) is 6.32. The smallest absolute Gasteiger partial charge is 0.262 e. The molecule has 7 nitrogen and oxygen atoms in total. The Kier molecular flexibility index (Phi) is 3.78. The van der Waals surface area contributed by atoms with Gasteiger partial charge in [-0.05, 0) is 35.9 Å². The molecule has 1 aliphatic rings. The standard InChI is InChI=1S/C21H16N2O5S/c1-27-20-10-15-14-4-2-3-5-18(14)28-19(15)11-17(20)23-29(25,26)13-6-7-16-12(8-13)9-21(24)22-16/h2-8,10-11,23H,9H2,1H3,(H,22,24). The van der Waals surface area contributed by atoms with E-state index in [1.165, 1.54) is 19.2 Å². The minimum atomic E-state index is -3.89. The van der Waals surface area contributed by atoms with Crippen LogP contribution in [-0.4, -0.2) is 21.4 Å². The maximum atomic E-state index is 13.0. The van der Waals surface area contributed by atoms with Crippen molar-refractivity contribution in [3.8, 4) is 5.75 Å². The number of carbonyl (C=O) groups excluding carboxylic acids is 1. The largest absolute Gasteiger partial charge is 0.495 e. The predicted molar refractivity (Wildman–Crippen MR) is 110 cm³/mol. The lowest BCUT2D eigenvalue weighted by Crippen LogP contribution is -2.14. The number of rotatable bonds is 4. The molecule has 0 radical (unpaired) electrons. The number of furan rings is 1. The second-order valence-corrected chi connectivity index (χ2v) is 8.48. The molecule has 0 unspecified atom stereocenters. The van der Waals surface area contributed by atoms with E-state index in [0.29, 0.717) is 28.2 Å². The number of para-hydroxylation sites is 1. The van der Waals surface area contributed by atoms with E-state index in [4.69, 9.17) is 9.15 Å². The first kappa shape index (κ1) is 17.6. The topological polar surface area (TPSA) is 97.6 Å². The summed E-state index contributed by atoms with van der Waals surface area (Å²) in [5.41, 5.74) is 2.82. The number of amides is 1. The number of hydrogen-bond acceptors (Lipinski definition) is 5. The molecule has 4 aromatic rings. The summed E-state index contributed by atoms with van der Waals surface area (Å²) in [6, 6.07) is 15.5. The monoisotopic (exact) mass is 408 g/mol. The van der Waals surface area contributed by atoms with Crippen molar-refractivity contribution >= 4 is 49.2 Å². The Balaban J connectivity index is 1.58. The summed E-state index contributed by atoms with van der Waals surface area (Å²) in [7, 11) is -2.41. The number of sulfonamides is 1. The lowest BCUT2D eigenvalue weighted by molar-refractivity contribution is -0.115. The van der Waals surface area contributed by atoms with Crippen molar-refractivity contribution in [2.75, 3.05) is 17.1 Å². The third kappa shape index (κ3) is 2.89. The summed E-state index contributed by atoms with van der Waals surface area (Å²) in [6.07, 6.45) is 0.160. The van der Waals surface area contributed by atoms with E-state index in [2.05, 4.69) is 10.0 Å². The zero-order valence-corrected chi connectivity index (χ0v) is 16.2. The molecule has 8 heteroatoms. The highest BCUT2D eigenvalue weighted by Gasteiger charge is 2.23. The van der Waals surface area contributed by atoms with Gasteiger partial charge in [-0.3, -0.25) is 9.52 Å². The van der Waals surface area contributed by atoms with E-state index in [1.54, 1.807) is 18.2 Å². The van der Waals surface area contributed by atoms with Crippen LogP contribution in [-0.2, 0) is 21.2 Å². The number of fused-ring (bicyclic) bond motifs is 4. The highest BCUT2D eigenvalue weighted by molar-refractivity contribution is 7.92. The second kappa shape index (κ2) is 6.25. The molecular formula is C21H16N2O5S. The van der Waals surface area contributed by atoms with Gasteiger partial charge in [0.25, 0.3) is 10.0 Å². The van der Waals surface area contributed by atoms with Gasteiger partial charge in [0, 0.05) is 22.5 Å². The molecule has 3 aromatic carbocycles. The average molecular weight is 408 g/mol. The van der Waals surface area contributed by atoms with Crippen LogP contribution in [0.1, 0.15) is 5.56 Å². The minimum absolute atomic E-state index is 0.0690. The summed E-state index contributed by atoms with van der Waals surface area (Å²) in [5.74, 6) is 0.227. The Bertz CT molecular complexity index is 1410. The van der Waals surface area contributed by atoms with Crippen LogP contribution >= 0.6 is 0 Å². The predicted octanol–water partition coefficient (Wildman–Crippen LogP) is 3.89. The Morgan fingerprint density at radius 2 is 1.86 bits per heavy atom. The number of anilines is 2. The number of methoxy groups -OCH3 is 1. The van der Waals surface area contributed by atoms with Crippen molar-refractivity contribution in [1.29, 1.82) is 0 Å². The van der Waals surface area contributed by atoms with E-state index in [0.717, 1.165) is 10.8 Å². The Morgan fingerprint density at radius 3 is 2.69 bits per heavy atom. The first-order chi connectivity index (χ1) is 13.9. The van der Waals surface area contributed by atoms with Crippen LogP contribution in [0.5, 0.6) is 5.75 Å². The van der Waals surface area contributed by atoms with E-state index in [1.807, 2.05) is 24.3 Å². The van der Waals surface area contributed by atoms with Crippen LogP contribution < -0.4 is 14.8 Å². The SMILES string of the molecule is COc1cc2c(cc1NS(=O)(=O)c1ccc3c(c1)CC(=O)N3)oc1ccccc12. The minimum Gasteiger partial charge on any atom is -0.495 e. The number of carbonyl (C=O) groups is 1. The van der Waals surface area contributed by atoms with Crippen molar-refractivity contribution in [3.05, 3.63) is 60.2 Å². The first-order valence-electron chi connectivity index (χ1n) is 8.89. The molecule has 0 saturated carbocycles. The van der Waals surface area contributed by atoms with Crippen molar-refractivity contribution in [2.45, 2.75) is 11.3 Å². The van der Waals surface area contributed by atoms with Gasteiger partial charge in [0.15, 0.2) is 0 Å². The van der Waals surface area contributed by atoms with E-state index >= 15 is 0 Å². The summed E-state index contributed by atoms with van der Waals surface area (Å²) in [5, 5.41) is 4.45. The first-order valence-corrected chi connectivity index (χ1v) is 10.4. The molecule has 1 aromatic heterocycles. The van der Waals surface area contributed by atoms with Crippen molar-refractivity contribution < 1.29 is 22.4 Å². The molecule has 0 bridgehead atoms. The lowest BCUT2D eigenvalue weighted by atomic mass is 10.1. The van der Waals surface area contributed by atoms with Crippen molar-refractivity contribution in [3.63, 3.8) is 0 Å². The normalized spacial score (nSPS) is 13.5. The maximum absolute atomic E-state index is 13.0. The molecule has 1 aliphatic heterocycles. The zero-order chi connectivity index (χ0) is 20.2. The molecule has 0 saturated heterocycles. The second-order valence-electron chi connectivity index (χ2n) is 6.80. The zero-order valence-electron chi connectivity index (χ0n) is 15.4. The fourth-order valence-electron chi connectivity index (χ4n) is 3.58. The summed E-state index contributed by atoms with van der Waals surface area (Å²) < 4.78 is 39.8. The molecule has 2 heterocycles. The van der Waals surface area contributed by atoms with Gasteiger partial charge in [-0.25, -0.2) is 8.42 Å². The fraction of sp³-hybridized carbons (Fsp3) is 0.0952. The Labute approximate surface area is 166 Å². The number of benzene rings is 3. The Hall–Kier alpha value is -3.52. The number of nitrogens with one attached hydrogen (secondary N) is 2. The van der Waals surface area contributed by atoms with Gasteiger partial charge in [0.05, 0.1) is 24.1 Å². The fourth-order valence-corrected chi connectivity index (χ4v) is 4.69. The summed E-state index contributed by atoms with van der Waals surface area (Å²) in [4.78, 5) is 11.6. The van der Waals surface area contributed by atoms with Crippen LogP contribution in [0, 0.1) is 0 Å². The van der Waals surface area contributed by atoms with Crippen LogP contribution in [0.15, 0.2) is 63.9 Å². The highest BCUT2D eigenvalue weighted by atomic mass is 32.2. The molecule has 0 spiro atoms. The van der Waals surface area contributed by atoms with Crippen LogP contribution in [0.2, 0.25) is 0 Å². The van der Waals surface area contributed by atoms with Gasteiger partial charge >= 0.3 is 0 Å². The molecule has 0 atom stereocenters. The number of ether oxygens (including phenoxy) is 1. The van der Waals surface area contributed by atoms with E-state index < -0.39 is 10.0 Å². The van der Waals surface area contributed by atoms with E-state index in [9.17, 15) is 13.2 Å². The van der Waals surface area contributed by atoms with Crippen LogP contribution in [0.4, 0.5) is 11.4 Å². The molecule has 146 valence electrons. The quantitative estimate of drug-likeness (QED) is 0.534.